The van der Waals surface area contributed by atoms with Gasteiger partial charge >= 0.3 is 0 Å². The lowest BCUT2D eigenvalue weighted by Crippen LogP contribution is -2.33. The molecule has 1 aromatic rings. The van der Waals surface area contributed by atoms with Crippen LogP contribution in [0.2, 0.25) is 0 Å². The average molecular weight is 281 g/mol. The number of aromatic nitrogens is 2. The van der Waals surface area contributed by atoms with Crippen LogP contribution in [0.1, 0.15) is 25.5 Å². The van der Waals surface area contributed by atoms with Gasteiger partial charge in [-0.25, -0.2) is 14.4 Å². The molecule has 0 aromatic carbocycles. The first kappa shape index (κ1) is 15.1. The van der Waals surface area contributed by atoms with E-state index in [1.54, 1.807) is 0 Å². The number of halogens is 1. The van der Waals surface area contributed by atoms with Crippen LogP contribution < -0.4 is 10.6 Å². The summed E-state index contributed by atoms with van der Waals surface area (Å²) in [4.78, 5) is 12.6. The van der Waals surface area contributed by atoms with Crippen molar-refractivity contribution in [3.05, 3.63) is 17.8 Å². The first-order valence-corrected chi connectivity index (χ1v) is 7.43. The van der Waals surface area contributed by atoms with Gasteiger partial charge in [0.1, 0.15) is 6.33 Å². The number of hydrogen-bond acceptors (Lipinski definition) is 5. The Balaban J connectivity index is 2.03. The standard InChI is InChI=1S/C14H24FN5/c1-2-12-13(15)14(18-11-17-12)20-8-4-7-19(9-10-20)6-3-5-16/h11H,2-10,16H2,1H3. The Bertz CT molecular complexity index is 426. The average Bonchev–Trinajstić information content (AvgIpc) is 2.71. The normalized spacial score (nSPS) is 17.2. The molecule has 1 aliphatic rings. The molecule has 0 amide bonds. The summed E-state index contributed by atoms with van der Waals surface area (Å²) in [5, 5.41) is 0. The van der Waals surface area contributed by atoms with Crippen LogP contribution in [0.3, 0.4) is 0 Å². The van der Waals surface area contributed by atoms with Crippen LogP contribution >= 0.6 is 0 Å². The van der Waals surface area contributed by atoms with E-state index in [0.29, 0.717) is 17.9 Å². The monoisotopic (exact) mass is 281 g/mol. The summed E-state index contributed by atoms with van der Waals surface area (Å²) in [7, 11) is 0. The highest BCUT2D eigenvalue weighted by molar-refractivity contribution is 5.41. The smallest absolute Gasteiger partial charge is 0.187 e. The van der Waals surface area contributed by atoms with Crippen molar-refractivity contribution in [3.63, 3.8) is 0 Å². The minimum atomic E-state index is -0.259. The number of hydrogen-bond donors (Lipinski definition) is 1. The maximum absolute atomic E-state index is 14.3. The molecule has 1 aromatic heterocycles. The molecular weight excluding hydrogens is 257 g/mol. The second-order valence-electron chi connectivity index (χ2n) is 5.14. The molecule has 0 aliphatic carbocycles. The molecule has 0 saturated carbocycles. The first-order chi connectivity index (χ1) is 9.76. The molecule has 2 heterocycles. The van der Waals surface area contributed by atoms with Crippen LogP contribution in [0.15, 0.2) is 6.33 Å². The van der Waals surface area contributed by atoms with Crippen LogP contribution in [0, 0.1) is 5.82 Å². The van der Waals surface area contributed by atoms with Gasteiger partial charge in [-0.1, -0.05) is 6.92 Å². The van der Waals surface area contributed by atoms with Gasteiger partial charge in [-0.15, -0.1) is 0 Å². The molecular formula is C14H24FN5. The van der Waals surface area contributed by atoms with Crippen LogP contribution in [-0.4, -0.2) is 54.1 Å². The largest absolute Gasteiger partial charge is 0.353 e. The zero-order valence-corrected chi connectivity index (χ0v) is 12.2. The third-order valence-electron chi connectivity index (χ3n) is 3.74. The van der Waals surface area contributed by atoms with Crippen molar-refractivity contribution in [3.8, 4) is 0 Å². The van der Waals surface area contributed by atoms with Gasteiger partial charge < -0.3 is 15.5 Å². The van der Waals surface area contributed by atoms with Gasteiger partial charge in [-0.3, -0.25) is 0 Å². The molecule has 0 spiro atoms. The summed E-state index contributed by atoms with van der Waals surface area (Å²) in [6, 6.07) is 0. The minimum Gasteiger partial charge on any atom is -0.353 e. The Morgan fingerprint density at radius 3 is 2.85 bits per heavy atom. The van der Waals surface area contributed by atoms with Gasteiger partial charge in [0, 0.05) is 19.6 Å². The molecule has 6 heteroatoms. The SMILES string of the molecule is CCc1ncnc(N2CCCN(CCCN)CC2)c1F. The van der Waals surface area contributed by atoms with Gasteiger partial charge in [0.2, 0.25) is 0 Å². The number of aryl methyl sites for hydroxylation is 1. The molecule has 0 bridgehead atoms. The van der Waals surface area contributed by atoms with Gasteiger partial charge in [0.05, 0.1) is 5.69 Å². The van der Waals surface area contributed by atoms with Crippen LogP contribution in [0.4, 0.5) is 10.2 Å². The predicted molar refractivity (Wildman–Crippen MR) is 78.3 cm³/mol. The molecule has 2 rings (SSSR count). The van der Waals surface area contributed by atoms with Gasteiger partial charge in [0.15, 0.2) is 11.6 Å². The minimum absolute atomic E-state index is 0.259. The maximum atomic E-state index is 14.3. The van der Waals surface area contributed by atoms with E-state index in [1.165, 1.54) is 6.33 Å². The van der Waals surface area contributed by atoms with E-state index < -0.39 is 0 Å². The van der Waals surface area contributed by atoms with E-state index in [-0.39, 0.29) is 5.82 Å². The molecule has 20 heavy (non-hydrogen) atoms. The summed E-state index contributed by atoms with van der Waals surface area (Å²) in [5.41, 5.74) is 6.05. The summed E-state index contributed by atoms with van der Waals surface area (Å²) in [6.45, 7) is 7.29. The summed E-state index contributed by atoms with van der Waals surface area (Å²) >= 11 is 0. The van der Waals surface area contributed by atoms with E-state index >= 15 is 0 Å². The topological polar surface area (TPSA) is 58.3 Å². The fraction of sp³-hybridized carbons (Fsp3) is 0.714. The second kappa shape index (κ2) is 7.50. The van der Waals surface area contributed by atoms with E-state index in [0.717, 1.165) is 52.1 Å². The third kappa shape index (κ3) is 3.64. The molecule has 0 unspecified atom stereocenters. The lowest BCUT2D eigenvalue weighted by atomic mass is 10.3. The first-order valence-electron chi connectivity index (χ1n) is 7.43. The molecule has 1 fully saturated rings. The highest BCUT2D eigenvalue weighted by Crippen LogP contribution is 2.19. The maximum Gasteiger partial charge on any atom is 0.187 e. The lowest BCUT2D eigenvalue weighted by Gasteiger charge is -2.23. The number of rotatable bonds is 5. The fourth-order valence-electron chi connectivity index (χ4n) is 2.58. The van der Waals surface area contributed by atoms with Gasteiger partial charge in [-0.05, 0) is 38.9 Å². The Morgan fingerprint density at radius 1 is 1.25 bits per heavy atom. The zero-order valence-electron chi connectivity index (χ0n) is 12.2. The van der Waals surface area contributed by atoms with Crippen molar-refractivity contribution in [1.82, 2.24) is 14.9 Å². The summed E-state index contributed by atoms with van der Waals surface area (Å²) in [5.74, 6) is 0.197. The van der Waals surface area contributed by atoms with Crippen LogP contribution in [0.5, 0.6) is 0 Å². The number of nitrogens with zero attached hydrogens (tertiary/aromatic N) is 4. The van der Waals surface area contributed by atoms with Crippen molar-refractivity contribution >= 4 is 5.82 Å². The van der Waals surface area contributed by atoms with E-state index in [4.69, 9.17) is 5.73 Å². The number of nitrogens with two attached hydrogens (primary N) is 1. The highest BCUT2D eigenvalue weighted by Gasteiger charge is 2.20. The van der Waals surface area contributed by atoms with Crippen LogP contribution in [0.25, 0.3) is 0 Å². The van der Waals surface area contributed by atoms with E-state index in [2.05, 4.69) is 14.9 Å². The molecule has 1 aliphatic heterocycles. The Morgan fingerprint density at radius 2 is 2.10 bits per heavy atom. The van der Waals surface area contributed by atoms with E-state index in [1.807, 2.05) is 11.8 Å². The van der Waals surface area contributed by atoms with Crippen molar-refractivity contribution < 1.29 is 4.39 Å². The zero-order chi connectivity index (χ0) is 14.4. The molecule has 112 valence electrons. The predicted octanol–water partition coefficient (Wildman–Crippen LogP) is 1.04. The molecule has 0 radical (unpaired) electrons. The Labute approximate surface area is 120 Å². The highest BCUT2D eigenvalue weighted by atomic mass is 19.1. The van der Waals surface area contributed by atoms with Crippen molar-refractivity contribution in [2.45, 2.75) is 26.2 Å². The van der Waals surface area contributed by atoms with Gasteiger partial charge in [0.25, 0.3) is 0 Å². The second-order valence-corrected chi connectivity index (χ2v) is 5.14. The van der Waals surface area contributed by atoms with Gasteiger partial charge in [-0.2, -0.15) is 0 Å². The Kier molecular flexibility index (Phi) is 5.67. The summed E-state index contributed by atoms with van der Waals surface area (Å²) in [6.07, 6.45) is 4.10. The quantitative estimate of drug-likeness (QED) is 0.874. The number of anilines is 1. The van der Waals surface area contributed by atoms with Crippen LogP contribution in [-0.2, 0) is 6.42 Å². The van der Waals surface area contributed by atoms with Crippen molar-refractivity contribution in [2.24, 2.45) is 5.73 Å². The summed E-state index contributed by atoms with van der Waals surface area (Å²) < 4.78 is 14.3. The Hall–Kier alpha value is -1.27. The molecule has 1 saturated heterocycles. The molecule has 5 nitrogen and oxygen atoms in total. The van der Waals surface area contributed by atoms with Crippen molar-refractivity contribution in [1.29, 1.82) is 0 Å². The lowest BCUT2D eigenvalue weighted by molar-refractivity contribution is 0.291. The fourth-order valence-corrected chi connectivity index (χ4v) is 2.58. The third-order valence-corrected chi connectivity index (χ3v) is 3.74. The molecule has 0 atom stereocenters. The van der Waals surface area contributed by atoms with Crippen molar-refractivity contribution in [2.75, 3.05) is 44.2 Å². The van der Waals surface area contributed by atoms with E-state index in [9.17, 15) is 4.39 Å². The molecule has 2 N–H and O–H groups in total.